The standard InChI is InChI=1S/Al.Ca.Mg.2H2O3Si.7H/c;;;2*1-4(2)3;;;;;;;/h;;;2*1-2H;;;;;;;. The van der Waals surface area contributed by atoms with Crippen molar-refractivity contribution in [2.24, 2.45) is 0 Å². The van der Waals surface area contributed by atoms with E-state index in [0.29, 0.717) is 0 Å². The quantitative estimate of drug-likeness (QED) is 0.320. The first-order chi connectivity index (χ1) is 3.46. The van der Waals surface area contributed by atoms with Gasteiger partial charge in [-0.1, -0.05) is 0 Å². The molecule has 62 valence electrons. The molecule has 0 aliphatic heterocycles. The maximum absolute atomic E-state index is 8.74. The molecule has 0 heterocycles. The first-order valence-corrected chi connectivity index (χ1v) is 3.91. The van der Waals surface area contributed by atoms with Gasteiger partial charge in [0.05, 0.1) is 0 Å². The van der Waals surface area contributed by atoms with E-state index in [4.69, 9.17) is 28.1 Å². The van der Waals surface area contributed by atoms with Crippen LogP contribution in [0.1, 0.15) is 0 Å². The summed E-state index contributed by atoms with van der Waals surface area (Å²) in [7, 11) is -6.26. The van der Waals surface area contributed by atoms with Gasteiger partial charge in [-0.05, 0) is 0 Å². The SMILES string of the molecule is O=[Si](O)O.O=[Si](O)O.[AlH3].[CaH2].[MgH2]. The second-order valence-corrected chi connectivity index (χ2v) is 1.70. The van der Waals surface area contributed by atoms with Crippen molar-refractivity contribution < 1.29 is 28.1 Å². The topological polar surface area (TPSA) is 115 Å². The van der Waals surface area contributed by atoms with E-state index in [1.807, 2.05) is 0 Å². The predicted octanol–water partition coefficient (Wildman–Crippen LogP) is -6.24. The van der Waals surface area contributed by atoms with E-state index < -0.39 is 18.3 Å². The zero-order chi connectivity index (χ0) is 7.15. The van der Waals surface area contributed by atoms with Crippen LogP contribution in [0.2, 0.25) is 0 Å². The van der Waals surface area contributed by atoms with Gasteiger partial charge in [-0.25, -0.2) is 0 Å². The van der Waals surface area contributed by atoms with Crippen molar-refractivity contribution in [2.75, 3.05) is 0 Å². The molecule has 0 saturated heterocycles. The fourth-order valence-corrected chi connectivity index (χ4v) is 0. The van der Waals surface area contributed by atoms with E-state index in [-0.39, 0.29) is 78.2 Å². The Morgan fingerprint density at radius 1 is 0.818 bits per heavy atom. The van der Waals surface area contributed by atoms with Crippen molar-refractivity contribution in [3.63, 3.8) is 0 Å². The summed E-state index contributed by atoms with van der Waals surface area (Å²) in [4.78, 5) is 28.6. The van der Waals surface area contributed by atoms with E-state index in [2.05, 4.69) is 0 Å². The van der Waals surface area contributed by atoms with Crippen LogP contribution in [0, 0.1) is 0 Å². The monoisotopic (exact) mass is 254 g/mol. The average molecular weight is 255 g/mol. The molecule has 0 aromatic heterocycles. The van der Waals surface area contributed by atoms with Crippen LogP contribution in [0.15, 0.2) is 0 Å². The Bertz CT molecular complexity index is 78.6. The Kier molecular flexibility index (Phi) is 60.2. The van der Waals surface area contributed by atoms with Crippen LogP contribution in [-0.2, 0) is 8.92 Å². The Balaban J connectivity index is -0.0000000171. The van der Waals surface area contributed by atoms with Crippen molar-refractivity contribution in [3.8, 4) is 0 Å². The van der Waals surface area contributed by atoms with Gasteiger partial charge >= 0.3 is 79.1 Å². The van der Waals surface area contributed by atoms with Gasteiger partial charge in [-0.2, -0.15) is 0 Å². The Labute approximate surface area is 123 Å². The summed E-state index contributed by atoms with van der Waals surface area (Å²) in [6.45, 7) is 0. The molecule has 0 aliphatic rings. The molecule has 0 bridgehead atoms. The molecule has 0 fully saturated rings. The minimum absolute atomic E-state index is 0. The molecule has 11 heavy (non-hydrogen) atoms. The van der Waals surface area contributed by atoms with Gasteiger partial charge in [0.15, 0.2) is 17.4 Å². The molecule has 0 rings (SSSR count). The summed E-state index contributed by atoms with van der Waals surface area (Å²) in [5, 5.41) is 0. The zero-order valence-corrected chi connectivity index (χ0v) is 5.61. The van der Waals surface area contributed by atoms with Crippen LogP contribution >= 0.6 is 0 Å². The van der Waals surface area contributed by atoms with Crippen LogP contribution in [0.25, 0.3) is 0 Å². The average Bonchev–Trinajstić information content (AvgIpc) is 1.25. The predicted molar refractivity (Wildman–Crippen MR) is 48.8 cm³/mol. The van der Waals surface area contributed by atoms with Crippen LogP contribution in [0.4, 0.5) is 0 Å². The largest absolute Gasteiger partial charge is 0.316 e. The molecule has 0 saturated carbocycles. The van der Waals surface area contributed by atoms with Crippen molar-refractivity contribution in [1.29, 1.82) is 0 Å². The minimum atomic E-state index is -3.13. The van der Waals surface area contributed by atoms with Gasteiger partial charge in [-0.15, -0.1) is 0 Å². The molecule has 0 unspecified atom stereocenters. The molecule has 0 radical (unpaired) electrons. The number of rotatable bonds is 0. The van der Waals surface area contributed by atoms with Crippen molar-refractivity contribution in [2.45, 2.75) is 0 Å². The molecule has 0 spiro atoms. The fourth-order valence-electron chi connectivity index (χ4n) is 0. The second kappa shape index (κ2) is 22.6. The minimum Gasteiger partial charge on any atom is 0.316 e. The van der Waals surface area contributed by atoms with Crippen molar-refractivity contribution in [3.05, 3.63) is 0 Å². The smallest absolute Gasteiger partial charge is 0.316 e. The number of hydrogen-bond acceptors (Lipinski definition) is 2. The van der Waals surface area contributed by atoms with E-state index >= 15 is 0 Å². The third-order valence-electron chi connectivity index (χ3n) is 0. The third-order valence-corrected chi connectivity index (χ3v) is 0. The Hall–Kier alpha value is 1.79. The maximum atomic E-state index is 8.74. The molecular formula is H11AlCaMgO6Si2. The van der Waals surface area contributed by atoms with Crippen molar-refractivity contribution in [1.82, 2.24) is 0 Å². The molecule has 0 aromatic rings. The first kappa shape index (κ1) is 29.3. The van der Waals surface area contributed by atoms with Crippen LogP contribution < -0.4 is 0 Å². The third kappa shape index (κ3) is 352. The second-order valence-electron chi connectivity index (χ2n) is 0.565. The zero-order valence-electron chi connectivity index (χ0n) is 3.61. The molecule has 0 atom stereocenters. The summed E-state index contributed by atoms with van der Waals surface area (Å²) in [5.74, 6) is 0. The molecule has 0 aliphatic carbocycles. The van der Waals surface area contributed by atoms with Gasteiger partial charge in [0, 0.05) is 0 Å². The molecule has 0 aromatic carbocycles. The van der Waals surface area contributed by atoms with Crippen LogP contribution in [0.3, 0.4) is 0 Å². The maximum Gasteiger partial charge on any atom is 0.316 e. The molecule has 11 heteroatoms. The summed E-state index contributed by atoms with van der Waals surface area (Å²) in [6.07, 6.45) is 0. The van der Waals surface area contributed by atoms with E-state index in [0.717, 1.165) is 0 Å². The van der Waals surface area contributed by atoms with Gasteiger partial charge < -0.3 is 19.2 Å². The van der Waals surface area contributed by atoms with E-state index in [1.165, 1.54) is 0 Å². The van der Waals surface area contributed by atoms with Gasteiger partial charge in [0.25, 0.3) is 0 Å². The molecule has 0 amide bonds. The van der Waals surface area contributed by atoms with Crippen LogP contribution in [-0.4, -0.2) is 116 Å². The summed E-state index contributed by atoms with van der Waals surface area (Å²) >= 11 is 0. The Morgan fingerprint density at radius 2 is 0.818 bits per heavy atom. The van der Waals surface area contributed by atoms with E-state index in [1.54, 1.807) is 0 Å². The van der Waals surface area contributed by atoms with Crippen LogP contribution in [0.5, 0.6) is 0 Å². The Morgan fingerprint density at radius 3 is 0.818 bits per heavy atom. The molecule has 4 N–H and O–H groups in total. The van der Waals surface area contributed by atoms with E-state index in [9.17, 15) is 0 Å². The van der Waals surface area contributed by atoms with Crippen molar-refractivity contribution >= 4 is 96.5 Å². The summed E-state index contributed by atoms with van der Waals surface area (Å²) in [6, 6.07) is 0. The summed E-state index contributed by atoms with van der Waals surface area (Å²) < 4.78 is 17.5. The fraction of sp³-hybridized carbons (Fsp3) is 0. The summed E-state index contributed by atoms with van der Waals surface area (Å²) in [5.41, 5.74) is 0. The molecule has 6 nitrogen and oxygen atoms in total. The van der Waals surface area contributed by atoms with Gasteiger partial charge in [0.2, 0.25) is 0 Å². The van der Waals surface area contributed by atoms with Gasteiger partial charge in [-0.3, -0.25) is 8.92 Å². The molecular weight excluding hydrogens is 244 g/mol. The van der Waals surface area contributed by atoms with Gasteiger partial charge in [0.1, 0.15) is 0 Å². The first-order valence-electron chi connectivity index (χ1n) is 1.30. The normalized spacial score (nSPS) is 4.36. The number of hydrogen-bond donors (Lipinski definition) is 4.